The average molecular weight is 427 g/mol. The van der Waals surface area contributed by atoms with Crippen LogP contribution in [0.3, 0.4) is 0 Å². The maximum Gasteiger partial charge on any atom is 0.354 e. The van der Waals surface area contributed by atoms with Crippen molar-refractivity contribution in [3.05, 3.63) is 80.5 Å². The van der Waals surface area contributed by atoms with Crippen LogP contribution in [0.25, 0.3) is 16.8 Å². The van der Waals surface area contributed by atoms with Crippen LogP contribution in [-0.2, 0) is 6.54 Å². The Morgan fingerprint density at radius 1 is 1.19 bits per heavy atom. The Morgan fingerprint density at radius 2 is 2.00 bits per heavy atom. The minimum atomic E-state index is -0.317. The van der Waals surface area contributed by atoms with Gasteiger partial charge in [-0.25, -0.2) is 4.79 Å². The highest BCUT2D eigenvalue weighted by Crippen LogP contribution is 2.29. The summed E-state index contributed by atoms with van der Waals surface area (Å²) in [5, 5.41) is 15.0. The average Bonchev–Trinajstić information content (AvgIpc) is 2.98. The lowest BCUT2D eigenvalue weighted by Gasteiger charge is -2.10. The summed E-state index contributed by atoms with van der Waals surface area (Å²) >= 11 is 3.47. The Labute approximate surface area is 163 Å². The molecule has 4 rings (SSSR count). The predicted molar refractivity (Wildman–Crippen MR) is 104 cm³/mol. The van der Waals surface area contributed by atoms with Crippen molar-refractivity contribution < 1.29 is 14.2 Å². The van der Waals surface area contributed by atoms with Gasteiger partial charge in [-0.3, -0.25) is 0 Å². The SMILES string of the molecule is Cc1noc(C)c1-c1c(O)[n+](Cc2cccc(Br)c2)c2ccccn2c1=O. The molecule has 0 atom stereocenters. The third-order valence-corrected chi connectivity index (χ3v) is 5.03. The maximum atomic E-state index is 13.1. The molecule has 3 heterocycles. The summed E-state index contributed by atoms with van der Waals surface area (Å²) in [6.07, 6.45) is 1.69. The largest absolute Gasteiger partial charge is 0.477 e. The van der Waals surface area contributed by atoms with Gasteiger partial charge in [0.15, 0.2) is 5.56 Å². The van der Waals surface area contributed by atoms with Gasteiger partial charge in [0.1, 0.15) is 12.3 Å². The molecule has 0 aliphatic rings. The van der Waals surface area contributed by atoms with E-state index in [-0.39, 0.29) is 17.0 Å². The highest BCUT2D eigenvalue weighted by atomic mass is 79.9. The van der Waals surface area contributed by atoms with Crippen LogP contribution in [0.15, 0.2) is 62.5 Å². The molecule has 27 heavy (non-hydrogen) atoms. The molecule has 3 aromatic heterocycles. The van der Waals surface area contributed by atoms with Crippen LogP contribution < -0.4 is 10.1 Å². The Bertz CT molecular complexity index is 1210. The zero-order valence-corrected chi connectivity index (χ0v) is 16.4. The first-order chi connectivity index (χ1) is 13.0. The van der Waals surface area contributed by atoms with Crippen molar-refractivity contribution >= 4 is 21.6 Å². The van der Waals surface area contributed by atoms with Gasteiger partial charge in [0.25, 0.3) is 11.5 Å². The normalized spacial score (nSPS) is 11.2. The Kier molecular flexibility index (Phi) is 4.31. The van der Waals surface area contributed by atoms with E-state index in [1.807, 2.05) is 30.3 Å². The summed E-state index contributed by atoms with van der Waals surface area (Å²) in [5.74, 6) is 0.380. The summed E-state index contributed by atoms with van der Waals surface area (Å²) in [5.41, 5.74) is 2.53. The van der Waals surface area contributed by atoms with E-state index in [0.717, 1.165) is 10.0 Å². The molecule has 1 N–H and O–H groups in total. The molecule has 7 heteroatoms. The van der Waals surface area contributed by atoms with E-state index in [2.05, 4.69) is 21.1 Å². The first-order valence-corrected chi connectivity index (χ1v) is 9.20. The van der Waals surface area contributed by atoms with E-state index in [9.17, 15) is 9.90 Å². The molecular weight excluding hydrogens is 410 g/mol. The molecular formula is C20H17BrN3O3+. The number of hydrogen-bond acceptors (Lipinski definition) is 4. The minimum absolute atomic E-state index is 0.111. The molecule has 0 unspecified atom stereocenters. The van der Waals surface area contributed by atoms with E-state index < -0.39 is 0 Å². The molecule has 0 spiro atoms. The number of aryl methyl sites for hydroxylation is 2. The lowest BCUT2D eigenvalue weighted by Crippen LogP contribution is -2.41. The monoisotopic (exact) mass is 426 g/mol. The van der Waals surface area contributed by atoms with Gasteiger partial charge in [0.05, 0.1) is 17.5 Å². The first-order valence-electron chi connectivity index (χ1n) is 8.41. The molecule has 0 radical (unpaired) electrons. The number of hydrogen-bond donors (Lipinski definition) is 1. The van der Waals surface area contributed by atoms with E-state index in [0.29, 0.717) is 29.2 Å². The lowest BCUT2D eigenvalue weighted by molar-refractivity contribution is -0.671. The minimum Gasteiger partial charge on any atom is -0.477 e. The third kappa shape index (κ3) is 2.94. The van der Waals surface area contributed by atoms with Crippen molar-refractivity contribution in [1.82, 2.24) is 9.56 Å². The molecule has 0 amide bonds. The van der Waals surface area contributed by atoms with Crippen LogP contribution in [0.4, 0.5) is 0 Å². The quantitative estimate of drug-likeness (QED) is 0.509. The molecule has 136 valence electrons. The van der Waals surface area contributed by atoms with E-state index in [1.54, 1.807) is 36.7 Å². The number of nitrogens with zero attached hydrogens (tertiary/aromatic N) is 3. The maximum absolute atomic E-state index is 13.1. The summed E-state index contributed by atoms with van der Waals surface area (Å²) in [7, 11) is 0. The van der Waals surface area contributed by atoms with Crippen molar-refractivity contribution in [2.75, 3.05) is 0 Å². The van der Waals surface area contributed by atoms with Gasteiger partial charge in [-0.1, -0.05) is 39.3 Å². The first kappa shape index (κ1) is 17.5. The summed E-state index contributed by atoms with van der Waals surface area (Å²) in [6, 6.07) is 13.2. The number of benzene rings is 1. The van der Waals surface area contributed by atoms with Crippen molar-refractivity contribution in [3.8, 4) is 17.0 Å². The molecule has 0 bridgehead atoms. The molecule has 0 saturated carbocycles. The van der Waals surface area contributed by atoms with Crippen LogP contribution >= 0.6 is 15.9 Å². The van der Waals surface area contributed by atoms with Crippen molar-refractivity contribution in [2.24, 2.45) is 0 Å². The smallest absolute Gasteiger partial charge is 0.354 e. The van der Waals surface area contributed by atoms with E-state index in [1.165, 1.54) is 4.40 Å². The van der Waals surface area contributed by atoms with Crippen LogP contribution in [0.2, 0.25) is 0 Å². The highest BCUT2D eigenvalue weighted by molar-refractivity contribution is 9.10. The summed E-state index contributed by atoms with van der Waals surface area (Å²) in [6.45, 7) is 3.88. The molecule has 0 saturated heterocycles. The zero-order valence-electron chi connectivity index (χ0n) is 14.8. The Morgan fingerprint density at radius 3 is 2.70 bits per heavy atom. The topological polar surface area (TPSA) is 71.6 Å². The molecule has 1 aromatic carbocycles. The van der Waals surface area contributed by atoms with E-state index in [4.69, 9.17) is 4.52 Å². The lowest BCUT2D eigenvalue weighted by atomic mass is 10.1. The molecule has 0 aliphatic heterocycles. The van der Waals surface area contributed by atoms with Crippen molar-refractivity contribution in [2.45, 2.75) is 20.4 Å². The highest BCUT2D eigenvalue weighted by Gasteiger charge is 2.29. The van der Waals surface area contributed by atoms with Crippen molar-refractivity contribution in [1.29, 1.82) is 0 Å². The standard InChI is InChI=1S/C20H16BrN3O3/c1-12-17(13(2)27-22-12)18-19(25)23-9-4-3-8-16(23)24(20(18)26)11-14-6-5-7-15(21)10-14/h3-10H,11H2,1-2H3/p+1. The van der Waals surface area contributed by atoms with Crippen LogP contribution in [0.5, 0.6) is 5.88 Å². The predicted octanol–water partition coefficient (Wildman–Crippen LogP) is 3.38. The number of rotatable bonds is 3. The van der Waals surface area contributed by atoms with Gasteiger partial charge in [0.2, 0.25) is 0 Å². The number of pyridine rings is 1. The fourth-order valence-electron chi connectivity index (χ4n) is 3.32. The van der Waals surface area contributed by atoms with Crippen LogP contribution in [-0.4, -0.2) is 14.7 Å². The second-order valence-electron chi connectivity index (χ2n) is 6.35. The zero-order chi connectivity index (χ0) is 19.1. The van der Waals surface area contributed by atoms with Gasteiger partial charge in [-0.05, 0) is 37.6 Å². The third-order valence-electron chi connectivity index (χ3n) is 4.54. The van der Waals surface area contributed by atoms with Gasteiger partial charge >= 0.3 is 5.56 Å². The summed E-state index contributed by atoms with van der Waals surface area (Å²) in [4.78, 5) is 13.1. The van der Waals surface area contributed by atoms with Crippen LogP contribution in [0.1, 0.15) is 17.0 Å². The number of aromatic nitrogens is 3. The fourth-order valence-corrected chi connectivity index (χ4v) is 3.76. The Balaban J connectivity index is 2.05. The fraction of sp³-hybridized carbons (Fsp3) is 0.150. The molecule has 0 fully saturated rings. The molecule has 0 aliphatic carbocycles. The number of fused-ring (bicyclic) bond motifs is 1. The van der Waals surface area contributed by atoms with Gasteiger partial charge in [-0.15, -0.1) is 0 Å². The molecule has 6 nitrogen and oxygen atoms in total. The second kappa shape index (κ2) is 6.66. The molecule has 4 aromatic rings. The summed E-state index contributed by atoms with van der Waals surface area (Å²) < 4.78 is 9.41. The van der Waals surface area contributed by atoms with Gasteiger partial charge < -0.3 is 9.63 Å². The Hall–Kier alpha value is -2.93. The van der Waals surface area contributed by atoms with Crippen molar-refractivity contribution in [3.63, 3.8) is 0 Å². The second-order valence-corrected chi connectivity index (χ2v) is 7.26. The van der Waals surface area contributed by atoms with Gasteiger partial charge in [0, 0.05) is 10.5 Å². The number of aromatic hydroxyl groups is 1. The van der Waals surface area contributed by atoms with Crippen LogP contribution in [0, 0.1) is 13.8 Å². The number of halogens is 1. The van der Waals surface area contributed by atoms with Gasteiger partial charge in [-0.2, -0.15) is 8.97 Å². The van der Waals surface area contributed by atoms with E-state index >= 15 is 0 Å².